The second-order valence-corrected chi connectivity index (χ2v) is 6.81. The van der Waals surface area contributed by atoms with Gasteiger partial charge in [-0.2, -0.15) is 4.31 Å². The summed E-state index contributed by atoms with van der Waals surface area (Å²) in [5.41, 5.74) is 0. The molecule has 0 aliphatic rings. The fourth-order valence-electron chi connectivity index (χ4n) is 1.77. The van der Waals surface area contributed by atoms with E-state index in [0.29, 0.717) is 0 Å². The van der Waals surface area contributed by atoms with Crippen molar-refractivity contribution in [3.8, 4) is 0 Å². The molecule has 0 fully saturated rings. The van der Waals surface area contributed by atoms with Gasteiger partial charge in [-0.1, -0.05) is 23.7 Å². The van der Waals surface area contributed by atoms with Crippen LogP contribution in [-0.4, -0.2) is 48.8 Å². The van der Waals surface area contributed by atoms with Gasteiger partial charge in [-0.25, -0.2) is 8.42 Å². The predicted molar refractivity (Wildman–Crippen MR) is 81.1 cm³/mol. The van der Waals surface area contributed by atoms with Crippen molar-refractivity contribution in [2.45, 2.75) is 24.8 Å². The minimum absolute atomic E-state index is 0.00334. The van der Waals surface area contributed by atoms with Gasteiger partial charge in [0.25, 0.3) is 0 Å². The molecule has 1 atom stereocenters. The number of hydrogen-bond acceptors (Lipinski definition) is 4. The zero-order valence-corrected chi connectivity index (χ0v) is 13.7. The molecule has 7 nitrogen and oxygen atoms in total. The van der Waals surface area contributed by atoms with E-state index in [9.17, 15) is 18.0 Å². The molecule has 1 aromatic rings. The zero-order chi connectivity index (χ0) is 16.9. The van der Waals surface area contributed by atoms with Gasteiger partial charge in [0, 0.05) is 20.0 Å². The number of carboxylic acids is 1. The second kappa shape index (κ2) is 7.57. The van der Waals surface area contributed by atoms with Crippen LogP contribution < -0.4 is 5.32 Å². The van der Waals surface area contributed by atoms with Gasteiger partial charge in [-0.05, 0) is 19.1 Å². The van der Waals surface area contributed by atoms with E-state index in [2.05, 4.69) is 5.32 Å². The Hall–Kier alpha value is -1.64. The third-order valence-corrected chi connectivity index (χ3v) is 5.39. The minimum atomic E-state index is -4.10. The van der Waals surface area contributed by atoms with Crippen LogP contribution in [0, 0.1) is 0 Å². The number of nitrogens with zero attached hydrogens (tertiary/aromatic N) is 1. The Morgan fingerprint density at radius 2 is 1.95 bits per heavy atom. The van der Waals surface area contributed by atoms with Crippen LogP contribution in [0.15, 0.2) is 29.2 Å². The summed E-state index contributed by atoms with van der Waals surface area (Å²) in [7, 11) is -4.10. The molecule has 2 N–H and O–H groups in total. The molecule has 0 saturated heterocycles. The fourth-order valence-corrected chi connectivity index (χ4v) is 3.85. The van der Waals surface area contributed by atoms with E-state index in [0.717, 1.165) is 4.31 Å². The number of carboxylic acid groups (broad SMARTS) is 1. The minimum Gasteiger partial charge on any atom is -0.480 e. The first-order valence-electron chi connectivity index (χ1n) is 6.41. The van der Waals surface area contributed by atoms with Gasteiger partial charge in [0.2, 0.25) is 15.9 Å². The highest BCUT2D eigenvalue weighted by Crippen LogP contribution is 2.25. The molecule has 0 spiro atoms. The summed E-state index contributed by atoms with van der Waals surface area (Å²) in [5, 5.41) is 11.6. The van der Waals surface area contributed by atoms with Gasteiger partial charge in [0.1, 0.15) is 10.9 Å². The van der Waals surface area contributed by atoms with Crippen molar-refractivity contribution in [1.82, 2.24) is 9.62 Å². The van der Waals surface area contributed by atoms with Crippen molar-refractivity contribution in [3.05, 3.63) is 29.3 Å². The van der Waals surface area contributed by atoms with Crippen molar-refractivity contribution in [2.24, 2.45) is 0 Å². The Bertz CT molecular complexity index is 662. The first kappa shape index (κ1) is 18.4. The van der Waals surface area contributed by atoms with E-state index in [-0.39, 0.29) is 28.9 Å². The maximum atomic E-state index is 12.6. The predicted octanol–water partition coefficient (Wildman–Crippen LogP) is 0.940. The molecule has 0 aromatic heterocycles. The summed E-state index contributed by atoms with van der Waals surface area (Å²) in [5.74, 6) is -1.63. The Kier molecular flexibility index (Phi) is 6.34. The third-order valence-electron chi connectivity index (χ3n) is 2.92. The summed E-state index contributed by atoms with van der Waals surface area (Å²) in [6, 6.07) is 4.48. The number of nitrogens with one attached hydrogen (secondary N) is 1. The van der Waals surface area contributed by atoms with Crippen LogP contribution >= 0.6 is 11.6 Å². The van der Waals surface area contributed by atoms with E-state index in [1.807, 2.05) is 0 Å². The van der Waals surface area contributed by atoms with Crippen molar-refractivity contribution < 1.29 is 23.1 Å². The summed E-state index contributed by atoms with van der Waals surface area (Å²) in [6.07, 6.45) is 0. The van der Waals surface area contributed by atoms with Gasteiger partial charge < -0.3 is 10.4 Å². The Morgan fingerprint density at radius 1 is 1.36 bits per heavy atom. The summed E-state index contributed by atoms with van der Waals surface area (Å²) in [4.78, 5) is 21.9. The first-order valence-corrected chi connectivity index (χ1v) is 8.23. The molecule has 22 heavy (non-hydrogen) atoms. The van der Waals surface area contributed by atoms with Crippen LogP contribution in [0.5, 0.6) is 0 Å². The van der Waals surface area contributed by atoms with Crippen molar-refractivity contribution in [1.29, 1.82) is 0 Å². The largest absolute Gasteiger partial charge is 0.480 e. The first-order chi connectivity index (χ1) is 10.2. The number of sulfonamides is 1. The molecule has 0 aliphatic heterocycles. The normalized spacial score (nSPS) is 12.9. The zero-order valence-electron chi connectivity index (χ0n) is 12.1. The van der Waals surface area contributed by atoms with Crippen LogP contribution in [-0.2, 0) is 19.6 Å². The average molecular weight is 349 g/mol. The molecule has 122 valence electrons. The summed E-state index contributed by atoms with van der Waals surface area (Å²) < 4.78 is 26.1. The van der Waals surface area contributed by atoms with Crippen molar-refractivity contribution in [3.63, 3.8) is 0 Å². The lowest BCUT2D eigenvalue weighted by atomic mass is 10.3. The molecule has 9 heteroatoms. The van der Waals surface area contributed by atoms with Gasteiger partial charge in [-0.15, -0.1) is 0 Å². The Labute approximate surface area is 133 Å². The SMILES string of the molecule is CC(=O)NCCN(C(C)C(=O)O)S(=O)(=O)c1ccccc1Cl. The van der Waals surface area contributed by atoms with Crippen LogP contribution in [0.1, 0.15) is 13.8 Å². The average Bonchev–Trinajstić information content (AvgIpc) is 2.42. The lowest BCUT2D eigenvalue weighted by Gasteiger charge is -2.26. The molecule has 1 unspecified atom stereocenters. The highest BCUT2D eigenvalue weighted by Gasteiger charge is 2.33. The number of benzene rings is 1. The molecule has 0 radical (unpaired) electrons. The molecule has 0 bridgehead atoms. The lowest BCUT2D eigenvalue weighted by molar-refractivity contribution is -0.140. The van der Waals surface area contributed by atoms with Crippen molar-refractivity contribution >= 4 is 33.5 Å². The van der Waals surface area contributed by atoms with Gasteiger partial charge >= 0.3 is 5.97 Å². The number of hydrogen-bond donors (Lipinski definition) is 2. The molecular weight excluding hydrogens is 332 g/mol. The highest BCUT2D eigenvalue weighted by atomic mass is 35.5. The molecule has 0 aliphatic carbocycles. The topological polar surface area (TPSA) is 104 Å². The van der Waals surface area contributed by atoms with Crippen LogP contribution in [0.3, 0.4) is 0 Å². The smallest absolute Gasteiger partial charge is 0.321 e. The number of halogens is 1. The van der Waals surface area contributed by atoms with Crippen LogP contribution in [0.25, 0.3) is 0 Å². The monoisotopic (exact) mass is 348 g/mol. The number of carbonyl (C=O) groups excluding carboxylic acids is 1. The molecule has 0 saturated carbocycles. The van der Waals surface area contributed by atoms with E-state index < -0.39 is 22.0 Å². The highest BCUT2D eigenvalue weighted by molar-refractivity contribution is 7.89. The van der Waals surface area contributed by atoms with Gasteiger partial charge in [-0.3, -0.25) is 9.59 Å². The standard InChI is InChI=1S/C13H17ClN2O5S/c1-9(13(18)19)16(8-7-15-10(2)17)22(20,21)12-6-4-3-5-11(12)14/h3-6,9H,7-8H2,1-2H3,(H,15,17)(H,18,19). The molecular formula is C13H17ClN2O5S. The Balaban J connectivity index is 3.16. The number of amides is 1. The Morgan fingerprint density at radius 3 is 2.45 bits per heavy atom. The molecule has 1 rings (SSSR count). The maximum Gasteiger partial charge on any atom is 0.321 e. The summed E-state index contributed by atoms with van der Waals surface area (Å²) in [6.45, 7) is 2.36. The van der Waals surface area contributed by atoms with E-state index in [4.69, 9.17) is 16.7 Å². The third kappa shape index (κ3) is 4.43. The second-order valence-electron chi connectivity index (χ2n) is 4.54. The fraction of sp³-hybridized carbons (Fsp3) is 0.385. The van der Waals surface area contributed by atoms with E-state index in [1.165, 1.54) is 32.0 Å². The number of rotatable bonds is 7. The molecule has 1 amide bonds. The number of carbonyl (C=O) groups is 2. The van der Waals surface area contributed by atoms with Gasteiger partial charge in [0.15, 0.2) is 0 Å². The maximum absolute atomic E-state index is 12.6. The van der Waals surface area contributed by atoms with Crippen molar-refractivity contribution in [2.75, 3.05) is 13.1 Å². The number of aliphatic carboxylic acids is 1. The molecule has 0 heterocycles. The molecule has 1 aromatic carbocycles. The van der Waals surface area contributed by atoms with Crippen LogP contribution in [0.2, 0.25) is 5.02 Å². The quantitative estimate of drug-likeness (QED) is 0.763. The van der Waals surface area contributed by atoms with E-state index >= 15 is 0 Å². The van der Waals surface area contributed by atoms with E-state index in [1.54, 1.807) is 6.07 Å². The van der Waals surface area contributed by atoms with Gasteiger partial charge in [0.05, 0.1) is 5.02 Å². The van der Waals surface area contributed by atoms with Crippen LogP contribution in [0.4, 0.5) is 0 Å². The lowest BCUT2D eigenvalue weighted by Crippen LogP contribution is -2.46. The summed E-state index contributed by atoms with van der Waals surface area (Å²) >= 11 is 5.90.